The van der Waals surface area contributed by atoms with Gasteiger partial charge in [-0.05, 0) is 58.8 Å². The quantitative estimate of drug-likeness (QED) is 0.456. The monoisotopic (exact) mass is 398 g/mol. The van der Waals surface area contributed by atoms with Crippen molar-refractivity contribution in [3.05, 3.63) is 61.7 Å². The molecule has 0 unspecified atom stereocenters. The van der Waals surface area contributed by atoms with E-state index in [-0.39, 0.29) is 10.6 Å². The number of anilines is 1. The fraction of sp³-hybridized carbons (Fsp3) is 0.200. The molecule has 0 atom stereocenters. The molecule has 0 aliphatic heterocycles. The number of nitrogens with zero attached hydrogens (tertiary/aromatic N) is 1. The number of nitrogens with one attached hydrogen (secondary N) is 1. The van der Waals surface area contributed by atoms with Gasteiger partial charge in [0.05, 0.1) is 15.6 Å². The number of hydrogen-bond donors (Lipinski definition) is 1. The minimum absolute atomic E-state index is 0.133. The van der Waals surface area contributed by atoms with Crippen LogP contribution >= 0.6 is 22.6 Å². The third-order valence-corrected chi connectivity index (χ3v) is 3.89. The van der Waals surface area contributed by atoms with Gasteiger partial charge in [0, 0.05) is 18.3 Å². The summed E-state index contributed by atoms with van der Waals surface area (Å²) in [5.41, 5.74) is 2.19. The molecule has 0 radical (unpaired) electrons. The maximum atomic E-state index is 10.8. The van der Waals surface area contributed by atoms with Gasteiger partial charge in [-0.15, -0.1) is 0 Å². The minimum Gasteiger partial charge on any atom is -0.497 e. The largest absolute Gasteiger partial charge is 0.497 e. The maximum Gasteiger partial charge on any atom is 0.282 e. The van der Waals surface area contributed by atoms with Crippen LogP contribution in [-0.4, -0.2) is 18.6 Å². The van der Waals surface area contributed by atoms with Crippen molar-refractivity contribution in [2.24, 2.45) is 0 Å². The van der Waals surface area contributed by atoms with Crippen LogP contribution in [0.25, 0.3) is 0 Å². The average Bonchev–Trinajstić information content (AvgIpc) is 2.47. The molecule has 2 aromatic rings. The molecule has 0 bridgehead atoms. The van der Waals surface area contributed by atoms with E-state index in [9.17, 15) is 10.1 Å². The van der Waals surface area contributed by atoms with Crippen molar-refractivity contribution in [3.8, 4) is 5.75 Å². The number of hydrogen-bond acceptors (Lipinski definition) is 4. The Morgan fingerprint density at radius 1 is 1.29 bits per heavy atom. The van der Waals surface area contributed by atoms with Gasteiger partial charge in [0.15, 0.2) is 0 Å². The van der Waals surface area contributed by atoms with Crippen LogP contribution in [0.2, 0.25) is 0 Å². The summed E-state index contributed by atoms with van der Waals surface area (Å²) in [4.78, 5) is 10.4. The van der Waals surface area contributed by atoms with E-state index in [0.29, 0.717) is 3.57 Å². The van der Waals surface area contributed by atoms with Gasteiger partial charge in [-0.3, -0.25) is 10.1 Å². The first-order valence-corrected chi connectivity index (χ1v) is 7.49. The summed E-state index contributed by atoms with van der Waals surface area (Å²) in [6, 6.07) is 13.0. The van der Waals surface area contributed by atoms with Crippen molar-refractivity contribution in [1.29, 1.82) is 0 Å². The first-order chi connectivity index (χ1) is 10.1. The van der Waals surface area contributed by atoms with E-state index in [1.165, 1.54) is 11.6 Å². The predicted molar refractivity (Wildman–Crippen MR) is 91.0 cm³/mol. The van der Waals surface area contributed by atoms with E-state index < -0.39 is 0 Å². The Kier molecular flexibility index (Phi) is 5.38. The van der Waals surface area contributed by atoms with Gasteiger partial charge in [0.25, 0.3) is 5.69 Å². The van der Waals surface area contributed by atoms with Crippen LogP contribution in [0.1, 0.15) is 5.56 Å². The van der Waals surface area contributed by atoms with E-state index in [0.717, 1.165) is 24.4 Å². The van der Waals surface area contributed by atoms with E-state index in [2.05, 4.69) is 5.32 Å². The lowest BCUT2D eigenvalue weighted by molar-refractivity contribution is -0.385. The highest BCUT2D eigenvalue weighted by atomic mass is 127. The van der Waals surface area contributed by atoms with Gasteiger partial charge in [-0.2, -0.15) is 0 Å². The normalized spacial score (nSPS) is 10.2. The molecule has 110 valence electrons. The number of rotatable bonds is 6. The lowest BCUT2D eigenvalue weighted by Gasteiger charge is -2.08. The zero-order valence-corrected chi connectivity index (χ0v) is 13.7. The second-order valence-corrected chi connectivity index (χ2v) is 5.61. The third-order valence-electron chi connectivity index (χ3n) is 3.02. The van der Waals surface area contributed by atoms with Crippen molar-refractivity contribution in [2.75, 3.05) is 19.0 Å². The number of ether oxygens (including phenoxy) is 1. The molecule has 5 nitrogen and oxygen atoms in total. The zero-order chi connectivity index (χ0) is 15.2. The molecule has 0 amide bonds. The van der Waals surface area contributed by atoms with Crippen molar-refractivity contribution < 1.29 is 9.66 Å². The first-order valence-electron chi connectivity index (χ1n) is 6.41. The second-order valence-electron chi connectivity index (χ2n) is 4.45. The van der Waals surface area contributed by atoms with Crippen molar-refractivity contribution in [2.45, 2.75) is 6.42 Å². The zero-order valence-electron chi connectivity index (χ0n) is 11.5. The Morgan fingerprint density at radius 2 is 2.10 bits per heavy atom. The molecule has 0 saturated heterocycles. The lowest BCUT2D eigenvalue weighted by atomic mass is 10.1. The van der Waals surface area contributed by atoms with E-state index >= 15 is 0 Å². The highest BCUT2D eigenvalue weighted by Gasteiger charge is 2.11. The summed E-state index contributed by atoms with van der Waals surface area (Å²) in [6.45, 7) is 0.751. The minimum atomic E-state index is -0.373. The molecule has 0 aliphatic rings. The number of nitro benzene ring substituents is 1. The van der Waals surface area contributed by atoms with E-state index in [1.54, 1.807) is 19.2 Å². The molecule has 6 heteroatoms. The van der Waals surface area contributed by atoms with Crippen LogP contribution in [0.4, 0.5) is 11.4 Å². The van der Waals surface area contributed by atoms with Crippen LogP contribution < -0.4 is 10.1 Å². The molecule has 0 heterocycles. The molecular weight excluding hydrogens is 383 g/mol. The van der Waals surface area contributed by atoms with Gasteiger partial charge >= 0.3 is 0 Å². The summed E-state index contributed by atoms with van der Waals surface area (Å²) in [5.74, 6) is 0.845. The number of nitro groups is 1. The smallest absolute Gasteiger partial charge is 0.282 e. The maximum absolute atomic E-state index is 10.8. The van der Waals surface area contributed by atoms with Gasteiger partial charge in [0.1, 0.15) is 5.75 Å². The molecule has 0 saturated carbocycles. The highest BCUT2D eigenvalue weighted by molar-refractivity contribution is 14.1. The fourth-order valence-corrected chi connectivity index (χ4v) is 2.66. The molecule has 2 rings (SSSR count). The van der Waals surface area contributed by atoms with Gasteiger partial charge < -0.3 is 10.1 Å². The summed E-state index contributed by atoms with van der Waals surface area (Å²) in [7, 11) is 1.65. The Bertz CT molecular complexity index is 647. The SMILES string of the molecule is COc1cccc(CCNc2ccc([N+](=O)[O-])c(I)c2)c1. The van der Waals surface area contributed by atoms with Crippen molar-refractivity contribution in [1.82, 2.24) is 0 Å². The Morgan fingerprint density at radius 3 is 2.76 bits per heavy atom. The highest BCUT2D eigenvalue weighted by Crippen LogP contribution is 2.24. The standard InChI is InChI=1S/C15H15IN2O3/c1-21-13-4-2-3-11(9-13)7-8-17-12-5-6-15(18(19)20)14(16)10-12/h2-6,9-10,17H,7-8H2,1H3. The Balaban J connectivity index is 1.94. The van der Waals surface area contributed by atoms with Gasteiger partial charge in [0.2, 0.25) is 0 Å². The van der Waals surface area contributed by atoms with Gasteiger partial charge in [-0.1, -0.05) is 12.1 Å². The lowest BCUT2D eigenvalue weighted by Crippen LogP contribution is -2.05. The van der Waals surface area contributed by atoms with Crippen molar-refractivity contribution >= 4 is 34.0 Å². The van der Waals surface area contributed by atoms with E-state index in [4.69, 9.17) is 4.74 Å². The molecule has 21 heavy (non-hydrogen) atoms. The first kappa shape index (κ1) is 15.6. The van der Waals surface area contributed by atoms with Crippen molar-refractivity contribution in [3.63, 3.8) is 0 Å². The summed E-state index contributed by atoms with van der Waals surface area (Å²) >= 11 is 1.98. The number of halogens is 1. The fourth-order valence-electron chi connectivity index (χ4n) is 1.94. The number of benzene rings is 2. The predicted octanol–water partition coefficient (Wildman–Crippen LogP) is 3.86. The van der Waals surface area contributed by atoms with Crippen LogP contribution in [0.3, 0.4) is 0 Å². The van der Waals surface area contributed by atoms with Crippen LogP contribution in [0, 0.1) is 13.7 Å². The second kappa shape index (κ2) is 7.26. The number of methoxy groups -OCH3 is 1. The molecule has 2 aromatic carbocycles. The molecule has 0 fully saturated rings. The summed E-state index contributed by atoms with van der Waals surface area (Å²) in [5, 5.41) is 14.0. The third kappa shape index (κ3) is 4.32. The Labute approximate surface area is 136 Å². The average molecular weight is 398 g/mol. The van der Waals surface area contributed by atoms with Crippen LogP contribution in [-0.2, 0) is 6.42 Å². The molecule has 0 aromatic heterocycles. The van der Waals surface area contributed by atoms with E-state index in [1.807, 2.05) is 46.9 Å². The van der Waals surface area contributed by atoms with Crippen LogP contribution in [0.15, 0.2) is 42.5 Å². The molecular formula is C15H15IN2O3. The topological polar surface area (TPSA) is 64.4 Å². The molecule has 0 aliphatic carbocycles. The van der Waals surface area contributed by atoms with Gasteiger partial charge in [-0.25, -0.2) is 0 Å². The molecule has 0 spiro atoms. The Hall–Kier alpha value is -1.83. The van der Waals surface area contributed by atoms with Crippen LogP contribution in [0.5, 0.6) is 5.75 Å². The molecule has 1 N–H and O–H groups in total. The summed E-state index contributed by atoms with van der Waals surface area (Å²) < 4.78 is 5.81. The summed E-state index contributed by atoms with van der Waals surface area (Å²) in [6.07, 6.45) is 0.852.